The van der Waals surface area contributed by atoms with Gasteiger partial charge in [-0.3, -0.25) is 19.2 Å². The van der Waals surface area contributed by atoms with Crippen molar-refractivity contribution >= 4 is 53.5 Å². The molecule has 0 bridgehead atoms. The predicted molar refractivity (Wildman–Crippen MR) is 207 cm³/mol. The molecule has 0 aromatic heterocycles. The van der Waals surface area contributed by atoms with E-state index in [1.165, 1.54) is 43.5 Å². The van der Waals surface area contributed by atoms with E-state index in [0.717, 1.165) is 39.5 Å². The second kappa shape index (κ2) is 21.4. The largest absolute Gasteiger partial charge is 0.465 e. The first-order valence-corrected chi connectivity index (χ1v) is 19.6. The van der Waals surface area contributed by atoms with Gasteiger partial charge in [-0.05, 0) is 36.4 Å². The first-order chi connectivity index (χ1) is 28.7. The highest BCUT2D eigenvalue weighted by atomic mass is 32.2. The van der Waals surface area contributed by atoms with Crippen molar-refractivity contribution < 1.29 is 80.9 Å². The molecule has 2 aliphatic rings. The van der Waals surface area contributed by atoms with Gasteiger partial charge >= 0.3 is 41.8 Å². The number of thioether (sulfide) groups is 1. The molecule has 2 heterocycles. The van der Waals surface area contributed by atoms with E-state index < -0.39 is 115 Å². The van der Waals surface area contributed by atoms with Crippen LogP contribution >= 0.6 is 11.8 Å². The number of hydrogen-bond acceptors (Lipinski definition) is 18. The zero-order chi connectivity index (χ0) is 43.3. The molecule has 320 valence electrons. The molecule has 0 saturated carbocycles. The van der Waals surface area contributed by atoms with Crippen molar-refractivity contribution in [3.63, 3.8) is 0 Å². The zero-order valence-corrected chi connectivity index (χ0v) is 34.0. The molecule has 17 nitrogen and oxygen atoms in total. The molecule has 10 atom stereocenters. The van der Waals surface area contributed by atoms with Gasteiger partial charge in [-0.1, -0.05) is 54.6 Å². The van der Waals surface area contributed by atoms with Crippen LogP contribution in [0, 0.1) is 0 Å². The fourth-order valence-electron chi connectivity index (χ4n) is 6.43. The van der Waals surface area contributed by atoms with Gasteiger partial charge in [-0.15, -0.1) is 11.8 Å². The van der Waals surface area contributed by atoms with Gasteiger partial charge < -0.3 is 47.4 Å². The monoisotopic (exact) mass is 852 g/mol. The van der Waals surface area contributed by atoms with Crippen molar-refractivity contribution in [2.75, 3.05) is 20.3 Å². The fraction of sp³-hybridized carbons (Fsp3) is 0.405. The van der Waals surface area contributed by atoms with Crippen LogP contribution in [0.5, 0.6) is 0 Å². The van der Waals surface area contributed by atoms with Crippen molar-refractivity contribution in [2.45, 2.75) is 87.4 Å². The Morgan fingerprint density at radius 2 is 0.950 bits per heavy atom. The van der Waals surface area contributed by atoms with Crippen LogP contribution in [0.15, 0.2) is 91.0 Å². The quantitative estimate of drug-likeness (QED) is 0.157. The molecule has 18 heteroatoms. The third-order valence-corrected chi connectivity index (χ3v) is 10.4. The summed E-state index contributed by atoms with van der Waals surface area (Å²) >= 11 is 0.869. The molecule has 60 heavy (non-hydrogen) atoms. The summed E-state index contributed by atoms with van der Waals surface area (Å²) in [6.07, 6.45) is -12.1. The molecule has 0 aliphatic carbocycles. The van der Waals surface area contributed by atoms with Crippen LogP contribution in [-0.4, -0.2) is 122 Å². The molecular formula is C42H44O17S. The van der Waals surface area contributed by atoms with E-state index >= 15 is 0 Å². The van der Waals surface area contributed by atoms with Gasteiger partial charge in [0.2, 0.25) is 0 Å². The van der Waals surface area contributed by atoms with Crippen LogP contribution in [-0.2, 0) is 66.5 Å². The highest BCUT2D eigenvalue weighted by Crippen LogP contribution is 2.42. The number of ether oxygens (including phenoxy) is 10. The normalized spacial score (nSPS) is 26.0. The maximum absolute atomic E-state index is 13.9. The molecular weight excluding hydrogens is 809 g/mol. The fourth-order valence-corrected chi connectivity index (χ4v) is 7.84. The van der Waals surface area contributed by atoms with Crippen molar-refractivity contribution in [2.24, 2.45) is 0 Å². The van der Waals surface area contributed by atoms with Gasteiger partial charge in [0.1, 0.15) is 30.9 Å². The topological polar surface area (TPSA) is 212 Å². The Morgan fingerprint density at radius 3 is 1.43 bits per heavy atom. The van der Waals surface area contributed by atoms with E-state index in [0.29, 0.717) is 0 Å². The Balaban J connectivity index is 1.63. The lowest BCUT2D eigenvalue weighted by molar-refractivity contribution is -0.305. The molecule has 2 aliphatic heterocycles. The molecule has 0 radical (unpaired) electrons. The maximum Gasteiger partial charge on any atom is 0.338 e. The van der Waals surface area contributed by atoms with Gasteiger partial charge in [0, 0.05) is 34.8 Å². The average Bonchev–Trinajstić information content (AvgIpc) is 3.23. The Kier molecular flexibility index (Phi) is 16.2. The van der Waals surface area contributed by atoms with E-state index in [1.807, 2.05) is 0 Å². The van der Waals surface area contributed by atoms with Gasteiger partial charge in [0.05, 0.1) is 21.9 Å². The summed E-state index contributed by atoms with van der Waals surface area (Å²) < 4.78 is 58.7. The van der Waals surface area contributed by atoms with Gasteiger partial charge in [0.15, 0.2) is 36.8 Å². The Labute approximate surface area is 349 Å². The summed E-state index contributed by atoms with van der Waals surface area (Å²) in [6, 6.07) is 23.8. The number of methoxy groups -OCH3 is 1. The average molecular weight is 853 g/mol. The standard InChI is InChI=1S/C42H44O17S/c1-23(43)51-22-31-33(53-24(2)44)35(54-25(3)45)37(55-26(4)46)42(60-31)59-32-30(21-52-38(47)27-15-9-6-10-16-27)56-41(50-5)36(58-40(49)29-19-13-8-14-20-29)34(32)57-39(48)28-17-11-7-12-18-28/h6-20,30-37,41-42H,21-22H2,1-5H3/t30-,31-,32-,33-,34+,35+,36-,37-,41+,42+/m1/s1. The Hall–Kier alpha value is -5.82. The third-order valence-electron chi connectivity index (χ3n) is 8.96. The van der Waals surface area contributed by atoms with Crippen molar-refractivity contribution in [1.82, 2.24) is 0 Å². The van der Waals surface area contributed by atoms with Crippen LogP contribution in [0.2, 0.25) is 0 Å². The smallest absolute Gasteiger partial charge is 0.338 e. The predicted octanol–water partition coefficient (Wildman–Crippen LogP) is 3.85. The minimum Gasteiger partial charge on any atom is -0.465 e. The number of benzene rings is 3. The number of carbonyl (C=O) groups excluding carboxylic acids is 7. The number of hydrogen-bond donors (Lipinski definition) is 0. The van der Waals surface area contributed by atoms with E-state index in [4.69, 9.17) is 47.4 Å². The SMILES string of the molecule is CO[C@H]1O[C@H](COC(=O)c2ccccc2)[C@@H](O[C@H]2S[C@H](COC(C)=O)[C@@H](OC(C)=O)[C@H](OC(C)=O)[C@H]2OC(C)=O)[C@H](OC(=O)c2ccccc2)[C@H]1OC(=O)c1ccccc1. The Morgan fingerprint density at radius 1 is 0.500 bits per heavy atom. The lowest BCUT2D eigenvalue weighted by atomic mass is 9.97. The number of carbonyl (C=O) groups is 7. The van der Waals surface area contributed by atoms with Crippen molar-refractivity contribution in [3.8, 4) is 0 Å². The first-order valence-electron chi connectivity index (χ1n) is 18.6. The minimum atomic E-state index is -1.63. The second-order valence-electron chi connectivity index (χ2n) is 13.4. The van der Waals surface area contributed by atoms with Crippen LogP contribution in [0.1, 0.15) is 58.8 Å². The summed E-state index contributed by atoms with van der Waals surface area (Å²) in [4.78, 5) is 90.5. The molecule has 3 aromatic carbocycles. The van der Waals surface area contributed by atoms with Gasteiger partial charge in [-0.2, -0.15) is 0 Å². The van der Waals surface area contributed by atoms with Gasteiger partial charge in [-0.25, -0.2) is 14.4 Å². The molecule has 5 rings (SSSR count). The van der Waals surface area contributed by atoms with E-state index in [2.05, 4.69) is 0 Å². The summed E-state index contributed by atoms with van der Waals surface area (Å²) in [7, 11) is 1.25. The second-order valence-corrected chi connectivity index (χ2v) is 14.7. The van der Waals surface area contributed by atoms with Crippen LogP contribution in [0.25, 0.3) is 0 Å². The summed E-state index contributed by atoms with van der Waals surface area (Å²) in [5.41, 5.74) is -1.01. The van der Waals surface area contributed by atoms with Crippen molar-refractivity contribution in [3.05, 3.63) is 108 Å². The maximum atomic E-state index is 13.9. The minimum absolute atomic E-state index is 0.0994. The lowest BCUT2D eigenvalue weighted by Crippen LogP contribution is -2.65. The molecule has 0 spiro atoms. The van der Waals surface area contributed by atoms with E-state index in [9.17, 15) is 33.6 Å². The van der Waals surface area contributed by atoms with E-state index in [-0.39, 0.29) is 16.7 Å². The molecule has 0 amide bonds. The number of rotatable bonds is 15. The molecule has 0 unspecified atom stereocenters. The molecule has 3 aromatic rings. The third kappa shape index (κ3) is 12.1. The molecule has 2 saturated heterocycles. The number of esters is 7. The first kappa shape index (κ1) is 45.3. The molecule has 0 N–H and O–H groups in total. The summed E-state index contributed by atoms with van der Waals surface area (Å²) in [5, 5.41) is -1.03. The van der Waals surface area contributed by atoms with Crippen LogP contribution in [0.3, 0.4) is 0 Å². The Bertz CT molecular complexity index is 1960. The highest BCUT2D eigenvalue weighted by molar-refractivity contribution is 8.00. The molecule has 2 fully saturated rings. The summed E-state index contributed by atoms with van der Waals surface area (Å²) in [6.45, 7) is 3.46. The van der Waals surface area contributed by atoms with Crippen molar-refractivity contribution in [1.29, 1.82) is 0 Å². The zero-order valence-electron chi connectivity index (χ0n) is 33.2. The highest BCUT2D eigenvalue weighted by Gasteiger charge is 2.57. The van der Waals surface area contributed by atoms with Crippen LogP contribution in [0.4, 0.5) is 0 Å². The van der Waals surface area contributed by atoms with Crippen LogP contribution < -0.4 is 0 Å². The lowest BCUT2D eigenvalue weighted by Gasteiger charge is -2.48. The van der Waals surface area contributed by atoms with E-state index in [1.54, 1.807) is 54.6 Å². The van der Waals surface area contributed by atoms with Gasteiger partial charge in [0.25, 0.3) is 0 Å². The summed E-state index contributed by atoms with van der Waals surface area (Å²) in [5.74, 6) is -5.71.